The van der Waals surface area contributed by atoms with Crippen LogP contribution in [0.5, 0.6) is 0 Å². The van der Waals surface area contributed by atoms with E-state index in [1.165, 1.54) is 130 Å². The van der Waals surface area contributed by atoms with E-state index >= 15 is 0 Å². The molecule has 0 unspecified atom stereocenters. The summed E-state index contributed by atoms with van der Waals surface area (Å²) in [5, 5.41) is 10.7. The summed E-state index contributed by atoms with van der Waals surface area (Å²) in [6, 6.07) is 68.8. The van der Waals surface area contributed by atoms with Gasteiger partial charge in [-0.05, 0) is 129 Å². The van der Waals surface area contributed by atoms with Crippen LogP contribution in [0, 0.1) is 0 Å². The molecule has 0 N–H and O–H groups in total. The van der Waals surface area contributed by atoms with Crippen LogP contribution >= 0.6 is 11.3 Å². The van der Waals surface area contributed by atoms with Crippen LogP contribution in [0.15, 0.2) is 182 Å². The Kier molecular flexibility index (Phi) is 7.11. The molecular weight excluding hydrogens is 753 g/mol. The van der Waals surface area contributed by atoms with Gasteiger partial charge in [-0.3, -0.25) is 0 Å². The Morgan fingerprint density at radius 3 is 1.49 bits per heavy atom. The first kappa shape index (κ1) is 35.0. The van der Waals surface area contributed by atoms with Gasteiger partial charge in [-0.25, -0.2) is 0 Å². The quantitative estimate of drug-likeness (QED) is 0.156. The van der Waals surface area contributed by atoms with E-state index in [9.17, 15) is 0 Å². The summed E-state index contributed by atoms with van der Waals surface area (Å²) in [6.07, 6.45) is 0. The lowest BCUT2D eigenvalue weighted by Gasteiger charge is -2.23. The lowest BCUT2D eigenvalue weighted by Crippen LogP contribution is -2.15. The molecule has 0 saturated carbocycles. The van der Waals surface area contributed by atoms with Gasteiger partial charge in [0.15, 0.2) is 0 Å². The van der Waals surface area contributed by atoms with Crippen LogP contribution in [-0.4, -0.2) is 0 Å². The van der Waals surface area contributed by atoms with Crippen molar-refractivity contribution in [2.24, 2.45) is 0 Å². The van der Waals surface area contributed by atoms with Crippen molar-refractivity contribution < 1.29 is 0 Å². The molecule has 11 aromatic rings. The predicted octanol–water partition coefficient (Wildman–Crippen LogP) is 17.1. The fraction of sp³-hybridized carbons (Fsp3) is 0.100. The smallest absolute Gasteiger partial charge is 0.0437 e. The number of fused-ring (bicyclic) bond motifs is 15. The van der Waals surface area contributed by atoms with Crippen LogP contribution in [0.1, 0.15) is 49.9 Å². The fourth-order valence-electron chi connectivity index (χ4n) is 11.6. The van der Waals surface area contributed by atoms with Crippen molar-refractivity contribution in [3.8, 4) is 55.6 Å². The highest BCUT2D eigenvalue weighted by molar-refractivity contribution is 7.26. The number of benzene rings is 10. The third kappa shape index (κ3) is 4.70. The maximum atomic E-state index is 2.50. The molecule has 0 nitrogen and oxygen atoms in total. The molecule has 0 saturated heterocycles. The van der Waals surface area contributed by atoms with Crippen LogP contribution in [0.4, 0.5) is 0 Å². The van der Waals surface area contributed by atoms with E-state index in [2.05, 4.69) is 210 Å². The molecule has 0 radical (unpaired) electrons. The lowest BCUT2D eigenvalue weighted by atomic mass is 9.79. The van der Waals surface area contributed by atoms with Gasteiger partial charge in [-0.15, -0.1) is 11.3 Å². The largest absolute Gasteiger partial charge is 0.135 e. The van der Waals surface area contributed by atoms with E-state index in [0.717, 1.165) is 0 Å². The zero-order valence-corrected chi connectivity index (χ0v) is 35.5. The Bertz CT molecular complexity index is 3630. The monoisotopic (exact) mass is 794 g/mol. The van der Waals surface area contributed by atoms with Crippen molar-refractivity contribution in [1.29, 1.82) is 0 Å². The summed E-state index contributed by atoms with van der Waals surface area (Å²) in [4.78, 5) is 0. The molecule has 0 aliphatic heterocycles. The molecule has 0 bridgehead atoms. The van der Waals surface area contributed by atoms with E-state index < -0.39 is 0 Å². The van der Waals surface area contributed by atoms with Gasteiger partial charge in [0, 0.05) is 36.4 Å². The summed E-state index contributed by atoms with van der Waals surface area (Å²) in [5.41, 5.74) is 18.5. The average Bonchev–Trinajstić information content (AvgIpc) is 3.87. The van der Waals surface area contributed by atoms with Gasteiger partial charge in [-0.1, -0.05) is 185 Å². The van der Waals surface area contributed by atoms with Crippen molar-refractivity contribution in [2.45, 2.75) is 38.5 Å². The minimum Gasteiger partial charge on any atom is -0.135 e. The highest BCUT2D eigenvalue weighted by atomic mass is 32.1. The number of rotatable bonds is 3. The molecular formula is C60H42S. The maximum absolute atomic E-state index is 2.50. The molecule has 13 rings (SSSR count). The number of thiophene rings is 1. The second kappa shape index (κ2) is 12.4. The molecule has 288 valence electrons. The van der Waals surface area contributed by atoms with E-state index in [1.807, 2.05) is 11.3 Å². The summed E-state index contributed by atoms with van der Waals surface area (Å²) in [6.45, 7) is 9.68. The van der Waals surface area contributed by atoms with Crippen molar-refractivity contribution in [2.75, 3.05) is 0 Å². The molecule has 0 atom stereocenters. The molecule has 1 heteroatoms. The van der Waals surface area contributed by atoms with Crippen LogP contribution < -0.4 is 0 Å². The van der Waals surface area contributed by atoms with Crippen molar-refractivity contribution >= 4 is 63.8 Å². The van der Waals surface area contributed by atoms with Gasteiger partial charge in [0.25, 0.3) is 0 Å². The minimum atomic E-state index is -0.145. The molecule has 1 heterocycles. The Hall–Kier alpha value is -6.80. The zero-order valence-electron chi connectivity index (χ0n) is 34.7. The lowest BCUT2D eigenvalue weighted by molar-refractivity contribution is 0.660. The Labute approximate surface area is 360 Å². The highest BCUT2D eigenvalue weighted by Crippen LogP contribution is 2.58. The fourth-order valence-corrected chi connectivity index (χ4v) is 12.8. The second-order valence-electron chi connectivity index (χ2n) is 18.3. The normalized spacial score (nSPS) is 14.5. The van der Waals surface area contributed by atoms with Crippen LogP contribution in [0.2, 0.25) is 0 Å². The van der Waals surface area contributed by atoms with Gasteiger partial charge in [0.2, 0.25) is 0 Å². The predicted molar refractivity (Wildman–Crippen MR) is 263 cm³/mol. The third-order valence-corrected chi connectivity index (χ3v) is 15.6. The molecule has 10 aromatic carbocycles. The highest BCUT2D eigenvalue weighted by Gasteiger charge is 2.40. The van der Waals surface area contributed by atoms with Crippen LogP contribution in [-0.2, 0) is 10.8 Å². The first-order valence-electron chi connectivity index (χ1n) is 21.6. The molecule has 2 aliphatic carbocycles. The summed E-state index contributed by atoms with van der Waals surface area (Å²) in [7, 11) is 0. The molecule has 2 aliphatic rings. The Balaban J connectivity index is 0.973. The van der Waals surface area contributed by atoms with Gasteiger partial charge in [0.1, 0.15) is 0 Å². The Morgan fingerprint density at radius 1 is 0.328 bits per heavy atom. The van der Waals surface area contributed by atoms with Gasteiger partial charge < -0.3 is 0 Å². The van der Waals surface area contributed by atoms with Crippen molar-refractivity contribution in [3.05, 3.63) is 204 Å². The topological polar surface area (TPSA) is 0 Å². The Morgan fingerprint density at radius 2 is 0.820 bits per heavy atom. The van der Waals surface area contributed by atoms with Crippen molar-refractivity contribution in [1.82, 2.24) is 0 Å². The van der Waals surface area contributed by atoms with Gasteiger partial charge in [-0.2, -0.15) is 0 Å². The standard InChI is InChI=1S/C60H42S/c1-59(2)49-31-28-38(54-42-20-10-8-18-40(42)53(35-16-6-5-7-17-35)41-19-9-11-21-43(41)54)33-47(49)39-29-26-37(34-51(39)59)36-27-30-50-48(32-36)55-44-22-12-13-23-45(44)58-56(57(55)60(50,3)4)46-24-14-15-25-52(46)61-58/h5-34H,1-4H3. The summed E-state index contributed by atoms with van der Waals surface area (Å²) >= 11 is 1.94. The third-order valence-electron chi connectivity index (χ3n) is 14.4. The van der Waals surface area contributed by atoms with E-state index in [1.54, 1.807) is 0 Å². The molecule has 1 aromatic heterocycles. The van der Waals surface area contributed by atoms with Crippen LogP contribution in [0.3, 0.4) is 0 Å². The van der Waals surface area contributed by atoms with Gasteiger partial charge >= 0.3 is 0 Å². The average molecular weight is 795 g/mol. The SMILES string of the molecule is CC1(C)c2ccc(-c3c4ccccc4c(-c4ccccc4)c4ccccc34)cc2-c2ccc(-c3ccc4c(c3)-c3c(c5c6ccccc6sc5c5ccccc35)C4(C)C)cc21. The minimum absolute atomic E-state index is 0.132. The van der Waals surface area contributed by atoms with E-state index in [4.69, 9.17) is 0 Å². The summed E-state index contributed by atoms with van der Waals surface area (Å²) < 4.78 is 2.77. The maximum Gasteiger partial charge on any atom is 0.0437 e. The van der Waals surface area contributed by atoms with Gasteiger partial charge in [0.05, 0.1) is 0 Å². The summed E-state index contributed by atoms with van der Waals surface area (Å²) in [5.74, 6) is 0. The van der Waals surface area contributed by atoms with E-state index in [-0.39, 0.29) is 10.8 Å². The molecule has 0 amide bonds. The zero-order chi connectivity index (χ0) is 40.8. The first-order valence-corrected chi connectivity index (χ1v) is 22.4. The molecule has 0 fully saturated rings. The van der Waals surface area contributed by atoms with E-state index in [0.29, 0.717) is 0 Å². The first-order chi connectivity index (χ1) is 29.8. The molecule has 61 heavy (non-hydrogen) atoms. The number of hydrogen-bond donors (Lipinski definition) is 0. The second-order valence-corrected chi connectivity index (χ2v) is 19.4. The number of hydrogen-bond acceptors (Lipinski definition) is 1. The van der Waals surface area contributed by atoms with Crippen LogP contribution in [0.25, 0.3) is 108 Å². The van der Waals surface area contributed by atoms with Crippen molar-refractivity contribution in [3.63, 3.8) is 0 Å². The molecule has 0 spiro atoms.